The van der Waals surface area contributed by atoms with E-state index >= 15 is 0 Å². The first-order valence-electron chi connectivity index (χ1n) is 6.06. The molecule has 0 N–H and O–H groups in total. The van der Waals surface area contributed by atoms with Gasteiger partial charge >= 0.3 is 0 Å². The van der Waals surface area contributed by atoms with Gasteiger partial charge in [-0.05, 0) is 35.4 Å². The Morgan fingerprint density at radius 3 is 2.83 bits per heavy atom. The predicted molar refractivity (Wildman–Crippen MR) is 75.9 cm³/mol. The van der Waals surface area contributed by atoms with Gasteiger partial charge in [0.15, 0.2) is 5.82 Å². The minimum atomic E-state index is 0.491. The number of nitrogens with zero attached hydrogens (tertiary/aromatic N) is 3. The molecule has 1 saturated heterocycles. The van der Waals surface area contributed by atoms with Gasteiger partial charge in [0.2, 0.25) is 5.28 Å². The Morgan fingerprint density at radius 1 is 1.28 bits per heavy atom. The number of rotatable bonds is 3. The van der Waals surface area contributed by atoms with Crippen molar-refractivity contribution in [2.75, 3.05) is 11.5 Å². The Hall–Kier alpha value is -1.000. The maximum atomic E-state index is 6.16. The highest BCUT2D eigenvalue weighted by Crippen LogP contribution is 2.28. The maximum absolute atomic E-state index is 6.16. The molecular formula is C13H14ClN3S. The maximum Gasteiger partial charge on any atom is 0.225 e. The van der Waals surface area contributed by atoms with Crippen LogP contribution in [0.3, 0.4) is 0 Å². The van der Waals surface area contributed by atoms with Crippen molar-refractivity contribution in [2.45, 2.75) is 13.0 Å². The number of hydrogen-bond donors (Lipinski definition) is 0. The first-order chi connectivity index (χ1) is 8.84. The summed E-state index contributed by atoms with van der Waals surface area (Å²) in [5.74, 6) is 4.02. The molecule has 18 heavy (non-hydrogen) atoms. The molecule has 0 amide bonds. The van der Waals surface area contributed by atoms with E-state index in [0.717, 1.165) is 17.9 Å². The van der Waals surface area contributed by atoms with Gasteiger partial charge in [0.1, 0.15) is 0 Å². The van der Waals surface area contributed by atoms with Crippen molar-refractivity contribution in [1.82, 2.24) is 14.8 Å². The van der Waals surface area contributed by atoms with Gasteiger partial charge in [0, 0.05) is 12.1 Å². The first-order valence-corrected chi connectivity index (χ1v) is 7.60. The zero-order valence-corrected chi connectivity index (χ0v) is 11.5. The highest BCUT2D eigenvalue weighted by molar-refractivity contribution is 7.99. The molecule has 2 aromatic rings. The zero-order chi connectivity index (χ0) is 12.4. The summed E-state index contributed by atoms with van der Waals surface area (Å²) in [5, 5.41) is 8.70. The topological polar surface area (TPSA) is 30.7 Å². The standard InChI is InChI=1S/C13H14ClN3S/c14-13-16-15-12(11-4-2-1-3-5-11)17(13)8-10-6-7-18-9-10/h1-5,10H,6-9H2. The summed E-state index contributed by atoms with van der Waals surface area (Å²) in [6.45, 7) is 0.920. The monoisotopic (exact) mass is 279 g/mol. The van der Waals surface area contributed by atoms with Crippen LogP contribution in [0.5, 0.6) is 0 Å². The van der Waals surface area contributed by atoms with Crippen LogP contribution in [0, 0.1) is 5.92 Å². The molecule has 1 atom stereocenters. The van der Waals surface area contributed by atoms with Gasteiger partial charge in [0.25, 0.3) is 0 Å². The summed E-state index contributed by atoms with van der Waals surface area (Å²) in [5.41, 5.74) is 1.07. The summed E-state index contributed by atoms with van der Waals surface area (Å²) >= 11 is 8.17. The lowest BCUT2D eigenvalue weighted by atomic mass is 10.1. The fraction of sp³-hybridized carbons (Fsp3) is 0.385. The van der Waals surface area contributed by atoms with Gasteiger partial charge in [-0.25, -0.2) is 0 Å². The normalized spacial score (nSPS) is 19.3. The lowest BCUT2D eigenvalue weighted by molar-refractivity contribution is 0.495. The van der Waals surface area contributed by atoms with E-state index in [2.05, 4.69) is 10.2 Å². The fourth-order valence-corrected chi connectivity index (χ4v) is 3.69. The predicted octanol–water partition coefficient (Wildman–Crippen LogP) is 3.35. The number of thioether (sulfide) groups is 1. The van der Waals surface area contributed by atoms with Crippen molar-refractivity contribution < 1.29 is 0 Å². The first kappa shape index (κ1) is 12.1. The molecule has 0 saturated carbocycles. The highest BCUT2D eigenvalue weighted by atomic mass is 35.5. The SMILES string of the molecule is Clc1nnc(-c2ccccc2)n1CC1CCSC1. The Balaban J connectivity index is 1.91. The molecular weight excluding hydrogens is 266 g/mol. The highest BCUT2D eigenvalue weighted by Gasteiger charge is 2.20. The van der Waals surface area contributed by atoms with E-state index in [9.17, 15) is 0 Å². The Bertz CT molecular complexity index is 520. The van der Waals surface area contributed by atoms with Crippen LogP contribution in [0.15, 0.2) is 30.3 Å². The van der Waals surface area contributed by atoms with E-state index in [1.165, 1.54) is 17.9 Å². The fourth-order valence-electron chi connectivity index (χ4n) is 2.23. The minimum absolute atomic E-state index is 0.491. The molecule has 1 aliphatic heterocycles. The summed E-state index contributed by atoms with van der Waals surface area (Å²) in [7, 11) is 0. The summed E-state index contributed by atoms with van der Waals surface area (Å²) in [6, 6.07) is 10.1. The summed E-state index contributed by atoms with van der Waals surface area (Å²) in [4.78, 5) is 0. The lowest BCUT2D eigenvalue weighted by Gasteiger charge is -2.12. The van der Waals surface area contributed by atoms with E-state index in [1.54, 1.807) is 0 Å². The molecule has 5 heteroatoms. The number of aromatic nitrogens is 3. The van der Waals surface area contributed by atoms with E-state index < -0.39 is 0 Å². The van der Waals surface area contributed by atoms with E-state index in [0.29, 0.717) is 11.2 Å². The third kappa shape index (κ3) is 2.40. The number of halogens is 1. The van der Waals surface area contributed by atoms with E-state index in [4.69, 9.17) is 11.6 Å². The lowest BCUT2D eigenvalue weighted by Crippen LogP contribution is -2.11. The third-order valence-corrected chi connectivity index (χ3v) is 4.71. The van der Waals surface area contributed by atoms with Crippen LogP contribution in [-0.4, -0.2) is 26.3 Å². The molecule has 1 aliphatic rings. The van der Waals surface area contributed by atoms with Gasteiger partial charge in [-0.1, -0.05) is 30.3 Å². The van der Waals surface area contributed by atoms with Crippen molar-refractivity contribution in [3.05, 3.63) is 35.6 Å². The molecule has 3 nitrogen and oxygen atoms in total. The van der Waals surface area contributed by atoms with Crippen LogP contribution < -0.4 is 0 Å². The molecule has 1 fully saturated rings. The van der Waals surface area contributed by atoms with Gasteiger partial charge in [-0.2, -0.15) is 11.8 Å². The van der Waals surface area contributed by atoms with Gasteiger partial charge in [0.05, 0.1) is 0 Å². The van der Waals surface area contributed by atoms with Crippen LogP contribution in [0.4, 0.5) is 0 Å². The van der Waals surface area contributed by atoms with Gasteiger partial charge < -0.3 is 0 Å². The third-order valence-electron chi connectivity index (χ3n) is 3.20. The second kappa shape index (κ2) is 5.33. The molecule has 1 aromatic heterocycles. The molecule has 0 aliphatic carbocycles. The van der Waals surface area contributed by atoms with E-state index in [-0.39, 0.29) is 0 Å². The molecule has 0 spiro atoms. The second-order valence-electron chi connectivity index (χ2n) is 4.50. The average molecular weight is 280 g/mol. The Morgan fingerprint density at radius 2 is 2.11 bits per heavy atom. The quantitative estimate of drug-likeness (QED) is 0.863. The Kier molecular flexibility index (Phi) is 3.57. The molecule has 0 bridgehead atoms. The average Bonchev–Trinajstić information content (AvgIpc) is 3.03. The van der Waals surface area contributed by atoms with Crippen molar-refractivity contribution in [3.8, 4) is 11.4 Å². The summed E-state index contributed by atoms with van der Waals surface area (Å²) < 4.78 is 2.04. The van der Waals surface area contributed by atoms with Gasteiger partial charge in [-0.15, -0.1) is 10.2 Å². The summed E-state index contributed by atoms with van der Waals surface area (Å²) in [6.07, 6.45) is 1.26. The number of hydrogen-bond acceptors (Lipinski definition) is 3. The largest absolute Gasteiger partial charge is 0.297 e. The smallest absolute Gasteiger partial charge is 0.225 e. The molecule has 1 aromatic carbocycles. The second-order valence-corrected chi connectivity index (χ2v) is 5.99. The number of benzene rings is 1. The molecule has 2 heterocycles. The zero-order valence-electron chi connectivity index (χ0n) is 9.92. The van der Waals surface area contributed by atoms with Crippen molar-refractivity contribution >= 4 is 23.4 Å². The van der Waals surface area contributed by atoms with Crippen molar-refractivity contribution in [3.63, 3.8) is 0 Å². The molecule has 3 rings (SSSR count). The molecule has 94 valence electrons. The van der Waals surface area contributed by atoms with Crippen LogP contribution in [0.25, 0.3) is 11.4 Å². The Labute approximate surface area is 116 Å². The van der Waals surface area contributed by atoms with Crippen LogP contribution >= 0.6 is 23.4 Å². The van der Waals surface area contributed by atoms with Crippen LogP contribution in [0.1, 0.15) is 6.42 Å². The van der Waals surface area contributed by atoms with Crippen LogP contribution in [-0.2, 0) is 6.54 Å². The van der Waals surface area contributed by atoms with Gasteiger partial charge in [-0.3, -0.25) is 4.57 Å². The molecule has 1 unspecified atom stereocenters. The van der Waals surface area contributed by atoms with Crippen molar-refractivity contribution in [1.29, 1.82) is 0 Å². The van der Waals surface area contributed by atoms with Crippen LogP contribution in [0.2, 0.25) is 5.28 Å². The minimum Gasteiger partial charge on any atom is -0.297 e. The van der Waals surface area contributed by atoms with E-state index in [1.807, 2.05) is 46.7 Å². The molecule has 0 radical (unpaired) electrons. The van der Waals surface area contributed by atoms with Crippen molar-refractivity contribution in [2.24, 2.45) is 5.92 Å².